The minimum atomic E-state index is 0.727. The molecule has 14 heavy (non-hydrogen) atoms. The van der Waals surface area contributed by atoms with Gasteiger partial charge < -0.3 is 0 Å². The summed E-state index contributed by atoms with van der Waals surface area (Å²) in [6, 6.07) is 0. The van der Waals surface area contributed by atoms with Crippen LogP contribution in [0.4, 0.5) is 0 Å². The van der Waals surface area contributed by atoms with Crippen LogP contribution in [0.2, 0.25) is 0 Å². The van der Waals surface area contributed by atoms with Crippen LogP contribution in [0.25, 0.3) is 0 Å². The first-order valence-corrected chi connectivity index (χ1v) is 7.86. The van der Waals surface area contributed by atoms with Crippen molar-refractivity contribution in [2.75, 3.05) is 4.43 Å². The van der Waals surface area contributed by atoms with Gasteiger partial charge in [-0.2, -0.15) is 0 Å². The number of hydrogen-bond donors (Lipinski definition) is 0. The van der Waals surface area contributed by atoms with E-state index in [0.29, 0.717) is 0 Å². The molecule has 2 bridgehead atoms. The van der Waals surface area contributed by atoms with Crippen LogP contribution in [0.3, 0.4) is 0 Å². The lowest BCUT2D eigenvalue weighted by molar-refractivity contribution is 0.117. The van der Waals surface area contributed by atoms with E-state index >= 15 is 0 Å². The first-order chi connectivity index (χ1) is 6.78. The van der Waals surface area contributed by atoms with Crippen molar-refractivity contribution >= 4 is 22.6 Å². The normalized spacial score (nSPS) is 43.3. The molecule has 82 valence electrons. The third-order valence-electron chi connectivity index (χ3n) is 4.80. The summed E-state index contributed by atoms with van der Waals surface area (Å²) < 4.78 is 1.39. The average Bonchev–Trinajstić information content (AvgIpc) is 2.21. The lowest BCUT2D eigenvalue weighted by Crippen LogP contribution is -2.31. The van der Waals surface area contributed by atoms with Gasteiger partial charge in [0.1, 0.15) is 0 Å². The molecule has 3 aliphatic rings. The summed E-state index contributed by atoms with van der Waals surface area (Å²) in [5.74, 6) is 2.18. The summed E-state index contributed by atoms with van der Waals surface area (Å²) in [5, 5.41) is 0. The molecule has 0 saturated heterocycles. The second kappa shape index (κ2) is 4.71. The lowest BCUT2D eigenvalue weighted by Gasteiger charge is -2.42. The smallest absolute Gasteiger partial charge is 0.00520 e. The fourth-order valence-electron chi connectivity index (χ4n) is 3.49. The highest BCUT2D eigenvalue weighted by Crippen LogP contribution is 2.47. The van der Waals surface area contributed by atoms with Crippen LogP contribution in [-0.4, -0.2) is 4.43 Å². The lowest BCUT2D eigenvalue weighted by atomic mass is 9.65. The van der Waals surface area contributed by atoms with Gasteiger partial charge in [0.2, 0.25) is 0 Å². The van der Waals surface area contributed by atoms with E-state index in [0.717, 1.165) is 17.3 Å². The molecule has 0 N–H and O–H groups in total. The van der Waals surface area contributed by atoms with E-state index in [2.05, 4.69) is 29.5 Å². The minimum Gasteiger partial charge on any atom is -0.0858 e. The molecule has 3 fully saturated rings. The number of fused-ring (bicyclic) bond motifs is 5. The minimum absolute atomic E-state index is 0.727. The Bertz CT molecular complexity index is 176. The van der Waals surface area contributed by atoms with Crippen LogP contribution in [-0.2, 0) is 0 Å². The monoisotopic (exact) mass is 306 g/mol. The highest BCUT2D eigenvalue weighted by atomic mass is 127. The van der Waals surface area contributed by atoms with Crippen LogP contribution in [0.5, 0.6) is 0 Å². The fourth-order valence-corrected chi connectivity index (χ4v) is 4.72. The second-order valence-electron chi connectivity index (χ2n) is 5.62. The molecule has 0 amide bonds. The number of rotatable bonds is 2. The van der Waals surface area contributed by atoms with E-state index in [9.17, 15) is 0 Å². The quantitative estimate of drug-likeness (QED) is 0.507. The van der Waals surface area contributed by atoms with Crippen molar-refractivity contribution in [3.63, 3.8) is 0 Å². The summed E-state index contributed by atoms with van der Waals surface area (Å²) in [7, 11) is 0. The van der Waals surface area contributed by atoms with Crippen LogP contribution in [0.15, 0.2) is 0 Å². The maximum atomic E-state index is 2.63. The van der Waals surface area contributed by atoms with E-state index in [1.807, 2.05) is 0 Å². The molecule has 1 heteroatoms. The van der Waals surface area contributed by atoms with E-state index in [4.69, 9.17) is 0 Å². The maximum Gasteiger partial charge on any atom is 0.00520 e. The van der Waals surface area contributed by atoms with Gasteiger partial charge in [-0.25, -0.2) is 0 Å². The maximum absolute atomic E-state index is 2.63. The van der Waals surface area contributed by atoms with Gasteiger partial charge in [-0.05, 0) is 42.9 Å². The average molecular weight is 306 g/mol. The molecule has 0 aromatic carbocycles. The van der Waals surface area contributed by atoms with Crippen molar-refractivity contribution < 1.29 is 0 Å². The number of halogens is 1. The van der Waals surface area contributed by atoms with E-state index in [1.165, 1.54) is 23.7 Å². The first kappa shape index (κ1) is 11.2. The predicted octanol–water partition coefficient (Wildman–Crippen LogP) is 4.81. The number of alkyl halides is 1. The zero-order valence-corrected chi connectivity index (χ0v) is 11.6. The van der Waals surface area contributed by atoms with Gasteiger partial charge in [-0.1, -0.05) is 55.2 Å². The highest BCUT2D eigenvalue weighted by molar-refractivity contribution is 14.1. The SMILES string of the molecule is CCC1(CI)CCC2CCC(CC2)C1. The Hall–Kier alpha value is 0.730. The van der Waals surface area contributed by atoms with Gasteiger partial charge in [-0.3, -0.25) is 0 Å². The molecule has 3 saturated carbocycles. The van der Waals surface area contributed by atoms with Crippen molar-refractivity contribution in [3.05, 3.63) is 0 Å². The molecule has 3 rings (SSSR count). The van der Waals surface area contributed by atoms with Gasteiger partial charge in [0.15, 0.2) is 0 Å². The molecule has 0 spiro atoms. The largest absolute Gasteiger partial charge is 0.0858 e. The zero-order valence-electron chi connectivity index (χ0n) is 9.40. The molecule has 0 nitrogen and oxygen atoms in total. The number of hydrogen-bond acceptors (Lipinski definition) is 0. The zero-order chi connectivity index (χ0) is 10.0. The molecule has 0 aromatic rings. The van der Waals surface area contributed by atoms with Crippen molar-refractivity contribution in [2.24, 2.45) is 17.3 Å². The van der Waals surface area contributed by atoms with Crippen molar-refractivity contribution in [2.45, 2.75) is 58.3 Å². The molecule has 1 unspecified atom stereocenters. The summed E-state index contributed by atoms with van der Waals surface area (Å²) in [4.78, 5) is 0. The van der Waals surface area contributed by atoms with Crippen molar-refractivity contribution in [1.82, 2.24) is 0 Å². The Morgan fingerprint density at radius 3 is 2.29 bits per heavy atom. The molecular weight excluding hydrogens is 283 g/mol. The van der Waals surface area contributed by atoms with Gasteiger partial charge in [-0.15, -0.1) is 0 Å². The topological polar surface area (TPSA) is 0 Å². The fraction of sp³-hybridized carbons (Fsp3) is 1.00. The molecule has 0 heterocycles. The third-order valence-corrected chi connectivity index (χ3v) is 6.42. The Labute approximate surface area is 102 Å². The van der Waals surface area contributed by atoms with Crippen LogP contribution in [0.1, 0.15) is 58.3 Å². The van der Waals surface area contributed by atoms with Crippen LogP contribution >= 0.6 is 22.6 Å². The van der Waals surface area contributed by atoms with E-state index in [1.54, 1.807) is 32.1 Å². The standard InChI is InChI=1S/C13H23I/c1-2-13(10-14)8-7-11-3-5-12(9-13)6-4-11/h11-12H,2-10H2,1H3. The van der Waals surface area contributed by atoms with E-state index in [-0.39, 0.29) is 0 Å². The summed E-state index contributed by atoms with van der Waals surface area (Å²) in [5.41, 5.74) is 0.727. The van der Waals surface area contributed by atoms with Gasteiger partial charge >= 0.3 is 0 Å². The van der Waals surface area contributed by atoms with Crippen LogP contribution < -0.4 is 0 Å². The molecule has 0 radical (unpaired) electrons. The Kier molecular flexibility index (Phi) is 3.78. The Morgan fingerprint density at radius 1 is 1.07 bits per heavy atom. The van der Waals surface area contributed by atoms with Gasteiger partial charge in [0.05, 0.1) is 0 Å². The van der Waals surface area contributed by atoms with Gasteiger partial charge in [0, 0.05) is 4.43 Å². The molecule has 0 aromatic heterocycles. The third kappa shape index (κ3) is 2.28. The first-order valence-electron chi connectivity index (χ1n) is 6.34. The van der Waals surface area contributed by atoms with Crippen molar-refractivity contribution in [1.29, 1.82) is 0 Å². The molecule has 0 aliphatic heterocycles. The summed E-state index contributed by atoms with van der Waals surface area (Å²) in [6.45, 7) is 2.41. The molecule has 1 atom stereocenters. The Morgan fingerprint density at radius 2 is 1.71 bits per heavy atom. The second-order valence-corrected chi connectivity index (χ2v) is 6.38. The predicted molar refractivity (Wildman–Crippen MR) is 70.9 cm³/mol. The van der Waals surface area contributed by atoms with Crippen molar-refractivity contribution in [3.8, 4) is 0 Å². The summed E-state index contributed by atoms with van der Waals surface area (Å²) >= 11 is 2.63. The molecule has 3 aliphatic carbocycles. The molecular formula is C13H23I. The Balaban J connectivity index is 2.07. The van der Waals surface area contributed by atoms with Crippen LogP contribution in [0, 0.1) is 17.3 Å². The summed E-state index contributed by atoms with van der Waals surface area (Å²) in [6.07, 6.45) is 12.2. The highest BCUT2D eigenvalue weighted by Gasteiger charge is 2.35. The van der Waals surface area contributed by atoms with Gasteiger partial charge in [0.25, 0.3) is 0 Å². The van der Waals surface area contributed by atoms with E-state index < -0.39 is 0 Å².